The van der Waals surface area contributed by atoms with Crippen molar-refractivity contribution in [3.05, 3.63) is 5.82 Å². The minimum absolute atomic E-state index is 0.655. The number of nitrogens with zero attached hydrogens (tertiary/aromatic N) is 3. The minimum atomic E-state index is 0.655. The smallest absolute Gasteiger partial charge is 0.204 e. The molecule has 0 aromatic carbocycles. The standard InChI is InChI=1S/C9H16N4S/c1-13(6-2-5-10)9-11-8(12-14-9)7-3-4-7/h7H,2-6,10H2,1H3. The van der Waals surface area contributed by atoms with E-state index in [4.69, 9.17) is 5.73 Å². The van der Waals surface area contributed by atoms with Crippen molar-refractivity contribution < 1.29 is 0 Å². The molecule has 1 fully saturated rings. The van der Waals surface area contributed by atoms with E-state index in [0.717, 1.165) is 30.5 Å². The molecule has 2 N–H and O–H groups in total. The normalized spacial score (nSPS) is 15.9. The lowest BCUT2D eigenvalue weighted by Crippen LogP contribution is -2.20. The monoisotopic (exact) mass is 212 g/mol. The van der Waals surface area contributed by atoms with Gasteiger partial charge >= 0.3 is 0 Å². The molecule has 0 atom stereocenters. The Labute approximate surface area is 88.3 Å². The maximum absolute atomic E-state index is 5.46. The summed E-state index contributed by atoms with van der Waals surface area (Å²) < 4.78 is 4.36. The largest absolute Gasteiger partial charge is 0.350 e. The topological polar surface area (TPSA) is 55.0 Å². The molecule has 1 aliphatic rings. The number of hydrogen-bond donors (Lipinski definition) is 1. The van der Waals surface area contributed by atoms with Gasteiger partial charge in [0.25, 0.3) is 0 Å². The SMILES string of the molecule is CN(CCCN)c1nc(C2CC2)ns1. The van der Waals surface area contributed by atoms with Crippen molar-refractivity contribution in [1.29, 1.82) is 0 Å². The van der Waals surface area contributed by atoms with E-state index < -0.39 is 0 Å². The van der Waals surface area contributed by atoms with E-state index in [-0.39, 0.29) is 0 Å². The molecule has 0 aliphatic heterocycles. The lowest BCUT2D eigenvalue weighted by molar-refractivity contribution is 0.790. The number of aromatic nitrogens is 2. The summed E-state index contributed by atoms with van der Waals surface area (Å²) in [5.41, 5.74) is 5.46. The first-order valence-corrected chi connectivity index (χ1v) is 5.83. The quantitative estimate of drug-likeness (QED) is 0.797. The molecule has 0 spiro atoms. The molecule has 5 heteroatoms. The highest BCUT2D eigenvalue weighted by Crippen LogP contribution is 2.39. The molecule has 1 aliphatic carbocycles. The van der Waals surface area contributed by atoms with E-state index in [1.807, 2.05) is 7.05 Å². The van der Waals surface area contributed by atoms with Gasteiger partial charge in [0.1, 0.15) is 5.82 Å². The molecule has 0 radical (unpaired) electrons. The fourth-order valence-electron chi connectivity index (χ4n) is 1.31. The Kier molecular flexibility index (Phi) is 2.98. The Bertz CT molecular complexity index is 295. The van der Waals surface area contributed by atoms with Gasteiger partial charge in [0.15, 0.2) is 0 Å². The molecule has 78 valence electrons. The molecule has 0 bridgehead atoms. The first-order valence-electron chi connectivity index (χ1n) is 5.06. The second-order valence-electron chi connectivity index (χ2n) is 3.77. The summed E-state index contributed by atoms with van der Waals surface area (Å²) in [5.74, 6) is 1.70. The first-order chi connectivity index (χ1) is 6.81. The Balaban J connectivity index is 1.93. The van der Waals surface area contributed by atoms with Crippen molar-refractivity contribution in [3.63, 3.8) is 0 Å². The Morgan fingerprint density at radius 1 is 1.57 bits per heavy atom. The fraction of sp³-hybridized carbons (Fsp3) is 0.778. The van der Waals surface area contributed by atoms with Gasteiger partial charge < -0.3 is 10.6 Å². The van der Waals surface area contributed by atoms with Crippen molar-refractivity contribution >= 4 is 16.7 Å². The van der Waals surface area contributed by atoms with Crippen molar-refractivity contribution in [1.82, 2.24) is 9.36 Å². The Morgan fingerprint density at radius 2 is 2.36 bits per heavy atom. The van der Waals surface area contributed by atoms with Crippen molar-refractivity contribution in [2.24, 2.45) is 5.73 Å². The summed E-state index contributed by atoms with van der Waals surface area (Å²) in [6.45, 7) is 1.70. The van der Waals surface area contributed by atoms with Crippen LogP contribution in [-0.2, 0) is 0 Å². The number of anilines is 1. The van der Waals surface area contributed by atoms with Crippen LogP contribution in [0.1, 0.15) is 31.0 Å². The van der Waals surface area contributed by atoms with Gasteiger partial charge in [0.2, 0.25) is 5.13 Å². The van der Waals surface area contributed by atoms with Crippen molar-refractivity contribution in [2.45, 2.75) is 25.2 Å². The van der Waals surface area contributed by atoms with Gasteiger partial charge in [-0.2, -0.15) is 4.37 Å². The van der Waals surface area contributed by atoms with Crippen LogP contribution in [0.4, 0.5) is 5.13 Å². The third kappa shape index (κ3) is 2.22. The summed E-state index contributed by atoms with van der Waals surface area (Å²) >= 11 is 1.50. The highest BCUT2D eigenvalue weighted by atomic mass is 32.1. The second kappa shape index (κ2) is 4.23. The predicted molar refractivity (Wildman–Crippen MR) is 58.8 cm³/mol. The zero-order valence-corrected chi connectivity index (χ0v) is 9.26. The van der Waals surface area contributed by atoms with Crippen LogP contribution in [0.15, 0.2) is 0 Å². The Morgan fingerprint density at radius 3 is 3.00 bits per heavy atom. The first kappa shape index (κ1) is 9.86. The van der Waals surface area contributed by atoms with Gasteiger partial charge in [-0.3, -0.25) is 0 Å². The van der Waals surface area contributed by atoms with Crippen LogP contribution in [0.3, 0.4) is 0 Å². The van der Waals surface area contributed by atoms with Crippen LogP contribution >= 0.6 is 11.5 Å². The zero-order valence-electron chi connectivity index (χ0n) is 8.44. The Hall–Kier alpha value is -0.680. The summed E-state index contributed by atoms with van der Waals surface area (Å²) in [6, 6.07) is 0. The van der Waals surface area contributed by atoms with Crippen LogP contribution in [-0.4, -0.2) is 29.5 Å². The molecule has 1 heterocycles. The third-order valence-corrected chi connectivity index (χ3v) is 3.24. The van der Waals surface area contributed by atoms with Gasteiger partial charge in [0.05, 0.1) is 0 Å². The van der Waals surface area contributed by atoms with Crippen LogP contribution < -0.4 is 10.6 Å². The zero-order chi connectivity index (χ0) is 9.97. The van der Waals surface area contributed by atoms with E-state index in [2.05, 4.69) is 14.3 Å². The third-order valence-electron chi connectivity index (χ3n) is 2.40. The lowest BCUT2D eigenvalue weighted by atomic mass is 10.4. The second-order valence-corrected chi connectivity index (χ2v) is 4.50. The van der Waals surface area contributed by atoms with Crippen LogP contribution in [0.2, 0.25) is 0 Å². The van der Waals surface area contributed by atoms with Crippen LogP contribution in [0.25, 0.3) is 0 Å². The maximum atomic E-state index is 5.46. The van der Waals surface area contributed by atoms with Gasteiger partial charge in [-0.1, -0.05) is 0 Å². The molecule has 1 aromatic rings. The average molecular weight is 212 g/mol. The number of nitrogens with two attached hydrogens (primary N) is 1. The molecule has 1 saturated carbocycles. The van der Waals surface area contributed by atoms with Crippen molar-refractivity contribution in [2.75, 3.05) is 25.0 Å². The lowest BCUT2D eigenvalue weighted by Gasteiger charge is -2.13. The average Bonchev–Trinajstić information content (AvgIpc) is 2.93. The molecule has 0 saturated heterocycles. The maximum Gasteiger partial charge on any atom is 0.204 e. The number of hydrogen-bond acceptors (Lipinski definition) is 5. The minimum Gasteiger partial charge on any atom is -0.350 e. The van der Waals surface area contributed by atoms with E-state index >= 15 is 0 Å². The van der Waals surface area contributed by atoms with E-state index in [1.165, 1.54) is 24.4 Å². The van der Waals surface area contributed by atoms with Crippen molar-refractivity contribution in [3.8, 4) is 0 Å². The molecular formula is C9H16N4S. The molecule has 2 rings (SSSR count). The summed E-state index contributed by atoms with van der Waals surface area (Å²) in [7, 11) is 2.05. The van der Waals surface area contributed by atoms with Crippen LogP contribution in [0, 0.1) is 0 Å². The van der Waals surface area contributed by atoms with Gasteiger partial charge in [-0.15, -0.1) is 0 Å². The predicted octanol–water partition coefficient (Wildman–Crippen LogP) is 1.20. The fourth-order valence-corrected chi connectivity index (χ4v) is 2.04. The van der Waals surface area contributed by atoms with Gasteiger partial charge in [-0.25, -0.2) is 4.98 Å². The van der Waals surface area contributed by atoms with E-state index in [0.29, 0.717) is 5.92 Å². The van der Waals surface area contributed by atoms with Gasteiger partial charge in [-0.05, 0) is 25.8 Å². The highest BCUT2D eigenvalue weighted by molar-refractivity contribution is 7.09. The molecular weight excluding hydrogens is 196 g/mol. The van der Waals surface area contributed by atoms with E-state index in [1.54, 1.807) is 0 Å². The molecule has 0 amide bonds. The molecule has 14 heavy (non-hydrogen) atoms. The molecule has 1 aromatic heterocycles. The highest BCUT2D eigenvalue weighted by Gasteiger charge is 2.28. The molecule has 4 nitrogen and oxygen atoms in total. The van der Waals surface area contributed by atoms with Crippen LogP contribution in [0.5, 0.6) is 0 Å². The summed E-state index contributed by atoms with van der Waals surface area (Å²) in [5, 5.41) is 1.03. The molecule has 0 unspecified atom stereocenters. The summed E-state index contributed by atoms with van der Waals surface area (Å²) in [4.78, 5) is 6.65. The summed E-state index contributed by atoms with van der Waals surface area (Å²) in [6.07, 6.45) is 3.54. The number of rotatable bonds is 5. The van der Waals surface area contributed by atoms with Gasteiger partial charge in [0, 0.05) is 31.0 Å². The van der Waals surface area contributed by atoms with E-state index in [9.17, 15) is 0 Å².